The highest BCUT2D eigenvalue weighted by atomic mass is 35.5. The number of aromatic nitrogens is 2. The molecule has 0 spiro atoms. The maximum absolute atomic E-state index is 8.65. The van der Waals surface area contributed by atoms with E-state index in [2.05, 4.69) is 20.6 Å². The van der Waals surface area contributed by atoms with Crippen molar-refractivity contribution in [3.8, 4) is 0 Å². The number of aliphatic hydroxyl groups is 1. The van der Waals surface area contributed by atoms with Crippen LogP contribution in [0.2, 0.25) is 5.02 Å². The number of hydrogen-bond donors (Lipinski definition) is 3. The zero-order valence-corrected chi connectivity index (χ0v) is 12.0. The fourth-order valence-electron chi connectivity index (χ4n) is 1.24. The molecular formula is C11H19ClN4OS. The van der Waals surface area contributed by atoms with Crippen molar-refractivity contribution in [2.24, 2.45) is 0 Å². The second kappa shape index (κ2) is 9.24. The molecule has 0 aliphatic rings. The minimum atomic E-state index is 0.254. The number of anilines is 2. The molecule has 0 saturated carbocycles. The molecule has 0 atom stereocenters. The van der Waals surface area contributed by atoms with Crippen LogP contribution in [0, 0.1) is 0 Å². The first-order valence-corrected chi connectivity index (χ1v) is 7.50. The first kappa shape index (κ1) is 15.3. The number of aliphatic hydroxyl groups excluding tert-OH is 1. The van der Waals surface area contributed by atoms with E-state index >= 15 is 0 Å². The second-order valence-electron chi connectivity index (χ2n) is 3.54. The average molecular weight is 291 g/mol. The molecule has 1 rings (SSSR count). The number of rotatable bonds is 9. The van der Waals surface area contributed by atoms with Gasteiger partial charge >= 0.3 is 0 Å². The van der Waals surface area contributed by atoms with E-state index in [0.29, 0.717) is 16.8 Å². The van der Waals surface area contributed by atoms with E-state index < -0.39 is 0 Å². The Morgan fingerprint density at radius 1 is 1.39 bits per heavy atom. The highest BCUT2D eigenvalue weighted by Crippen LogP contribution is 2.19. The maximum Gasteiger partial charge on any atom is 0.224 e. The van der Waals surface area contributed by atoms with E-state index in [1.54, 1.807) is 18.0 Å². The lowest BCUT2D eigenvalue weighted by Gasteiger charge is -2.09. The molecule has 1 aromatic rings. The summed E-state index contributed by atoms with van der Waals surface area (Å²) in [7, 11) is 0. The van der Waals surface area contributed by atoms with Gasteiger partial charge in [-0.2, -0.15) is 16.7 Å². The Hall–Kier alpha value is -0.720. The Balaban J connectivity index is 2.34. The number of nitrogens with zero attached hydrogens (tertiary/aromatic N) is 2. The SMILES string of the molecule is CCNc1ncc(Cl)c(NCCSCCCO)n1. The zero-order chi connectivity index (χ0) is 13.2. The summed E-state index contributed by atoms with van der Waals surface area (Å²) in [6, 6.07) is 0. The van der Waals surface area contributed by atoms with Crippen molar-refractivity contribution >= 4 is 35.1 Å². The van der Waals surface area contributed by atoms with Crippen molar-refractivity contribution in [1.29, 1.82) is 0 Å². The van der Waals surface area contributed by atoms with E-state index in [0.717, 1.165) is 31.0 Å². The third-order valence-corrected chi connectivity index (χ3v) is 3.41. The predicted molar refractivity (Wildman–Crippen MR) is 78.7 cm³/mol. The Labute approximate surface area is 117 Å². The van der Waals surface area contributed by atoms with Crippen molar-refractivity contribution < 1.29 is 5.11 Å². The Kier molecular flexibility index (Phi) is 7.88. The largest absolute Gasteiger partial charge is 0.396 e. The molecule has 0 bridgehead atoms. The first-order valence-electron chi connectivity index (χ1n) is 5.96. The summed E-state index contributed by atoms with van der Waals surface area (Å²) in [5.41, 5.74) is 0. The van der Waals surface area contributed by atoms with E-state index in [4.69, 9.17) is 16.7 Å². The molecule has 5 nitrogen and oxygen atoms in total. The lowest BCUT2D eigenvalue weighted by atomic mass is 10.5. The van der Waals surface area contributed by atoms with Gasteiger partial charge in [0.15, 0.2) is 5.82 Å². The van der Waals surface area contributed by atoms with Crippen molar-refractivity contribution in [3.63, 3.8) is 0 Å². The molecule has 1 heterocycles. The van der Waals surface area contributed by atoms with Gasteiger partial charge in [-0.05, 0) is 19.1 Å². The molecule has 1 aromatic heterocycles. The molecule has 0 unspecified atom stereocenters. The van der Waals surface area contributed by atoms with Crippen LogP contribution in [0.4, 0.5) is 11.8 Å². The molecule has 102 valence electrons. The van der Waals surface area contributed by atoms with Crippen LogP contribution < -0.4 is 10.6 Å². The van der Waals surface area contributed by atoms with E-state index in [1.165, 1.54) is 0 Å². The number of halogens is 1. The summed E-state index contributed by atoms with van der Waals surface area (Å²) >= 11 is 7.80. The van der Waals surface area contributed by atoms with Gasteiger partial charge in [-0.1, -0.05) is 11.6 Å². The van der Waals surface area contributed by atoms with Crippen LogP contribution in [0.5, 0.6) is 0 Å². The van der Waals surface area contributed by atoms with E-state index in [9.17, 15) is 0 Å². The minimum absolute atomic E-state index is 0.254. The monoisotopic (exact) mass is 290 g/mol. The average Bonchev–Trinajstić information content (AvgIpc) is 2.37. The van der Waals surface area contributed by atoms with Gasteiger partial charge in [0.2, 0.25) is 5.95 Å². The van der Waals surface area contributed by atoms with Gasteiger partial charge in [0.05, 0.1) is 6.20 Å². The fraction of sp³-hybridized carbons (Fsp3) is 0.636. The topological polar surface area (TPSA) is 70.1 Å². The summed E-state index contributed by atoms with van der Waals surface area (Å²) in [4.78, 5) is 8.35. The molecular weight excluding hydrogens is 272 g/mol. The van der Waals surface area contributed by atoms with Gasteiger partial charge in [0, 0.05) is 25.4 Å². The molecule has 0 radical (unpaired) electrons. The molecule has 3 N–H and O–H groups in total. The summed E-state index contributed by atoms with van der Waals surface area (Å²) in [6.07, 6.45) is 2.43. The Bertz CT molecular complexity index is 354. The van der Waals surface area contributed by atoms with Crippen LogP contribution in [0.25, 0.3) is 0 Å². The highest BCUT2D eigenvalue weighted by molar-refractivity contribution is 7.99. The lowest BCUT2D eigenvalue weighted by molar-refractivity contribution is 0.296. The molecule has 0 saturated heterocycles. The zero-order valence-electron chi connectivity index (χ0n) is 10.4. The van der Waals surface area contributed by atoms with Crippen LogP contribution in [0.1, 0.15) is 13.3 Å². The number of hydrogen-bond acceptors (Lipinski definition) is 6. The van der Waals surface area contributed by atoms with Crippen molar-refractivity contribution in [3.05, 3.63) is 11.2 Å². The van der Waals surface area contributed by atoms with Gasteiger partial charge in [0.1, 0.15) is 5.02 Å². The Morgan fingerprint density at radius 2 is 2.22 bits per heavy atom. The van der Waals surface area contributed by atoms with Gasteiger partial charge < -0.3 is 15.7 Å². The third-order valence-electron chi connectivity index (χ3n) is 2.06. The minimum Gasteiger partial charge on any atom is -0.396 e. The third kappa shape index (κ3) is 5.75. The van der Waals surface area contributed by atoms with Crippen molar-refractivity contribution in [2.45, 2.75) is 13.3 Å². The Morgan fingerprint density at radius 3 is 2.94 bits per heavy atom. The molecule has 0 aliphatic heterocycles. The van der Waals surface area contributed by atoms with Crippen LogP contribution >= 0.6 is 23.4 Å². The quantitative estimate of drug-likeness (QED) is 0.605. The van der Waals surface area contributed by atoms with E-state index in [1.807, 2.05) is 6.92 Å². The van der Waals surface area contributed by atoms with Gasteiger partial charge in [-0.3, -0.25) is 0 Å². The summed E-state index contributed by atoms with van der Waals surface area (Å²) in [5.74, 6) is 3.16. The fourth-order valence-corrected chi connectivity index (χ4v) is 2.19. The first-order chi connectivity index (χ1) is 8.77. The summed E-state index contributed by atoms with van der Waals surface area (Å²) in [5, 5.41) is 15.4. The van der Waals surface area contributed by atoms with E-state index in [-0.39, 0.29) is 6.61 Å². The normalized spacial score (nSPS) is 10.4. The maximum atomic E-state index is 8.65. The molecule has 0 amide bonds. The molecule has 7 heteroatoms. The molecule has 0 aliphatic carbocycles. The van der Waals surface area contributed by atoms with Crippen molar-refractivity contribution in [1.82, 2.24) is 9.97 Å². The van der Waals surface area contributed by atoms with Crippen LogP contribution in [-0.2, 0) is 0 Å². The van der Waals surface area contributed by atoms with Crippen LogP contribution in [0.15, 0.2) is 6.20 Å². The highest BCUT2D eigenvalue weighted by Gasteiger charge is 2.04. The molecule has 0 aromatic carbocycles. The lowest BCUT2D eigenvalue weighted by Crippen LogP contribution is -2.09. The van der Waals surface area contributed by atoms with Gasteiger partial charge in [-0.15, -0.1) is 0 Å². The molecule has 0 fully saturated rings. The second-order valence-corrected chi connectivity index (χ2v) is 5.17. The summed E-state index contributed by atoms with van der Waals surface area (Å²) < 4.78 is 0. The predicted octanol–water partition coefficient (Wildman–Crippen LogP) is 2.09. The van der Waals surface area contributed by atoms with Crippen LogP contribution in [0.3, 0.4) is 0 Å². The summed E-state index contributed by atoms with van der Waals surface area (Å²) in [6.45, 7) is 3.81. The van der Waals surface area contributed by atoms with Crippen LogP contribution in [-0.4, -0.2) is 46.3 Å². The number of nitrogens with one attached hydrogen (secondary N) is 2. The smallest absolute Gasteiger partial charge is 0.224 e. The standard InChI is InChI=1S/C11H19ClN4OS/c1-2-13-11-15-8-9(12)10(16-11)14-4-7-18-6-3-5-17/h8,17H,2-7H2,1H3,(H2,13,14,15,16). The number of thioether (sulfide) groups is 1. The molecule has 18 heavy (non-hydrogen) atoms. The van der Waals surface area contributed by atoms with Crippen molar-refractivity contribution in [2.75, 3.05) is 41.8 Å². The van der Waals surface area contributed by atoms with Gasteiger partial charge in [-0.25, -0.2) is 4.98 Å². The van der Waals surface area contributed by atoms with Gasteiger partial charge in [0.25, 0.3) is 0 Å².